The summed E-state index contributed by atoms with van der Waals surface area (Å²) in [5.74, 6) is 0.0468. The number of nitrogens with zero attached hydrogens (tertiary/aromatic N) is 4. The SMILES string of the molecule is Cc1cc(F)cc(-n2nnnc2-c2cccc(Cl)c2N)c1. The molecule has 1 aromatic heterocycles. The lowest BCUT2D eigenvalue weighted by atomic mass is 10.1. The van der Waals surface area contributed by atoms with Gasteiger partial charge in [-0.05, 0) is 53.2 Å². The Bertz CT molecular complexity index is 795. The van der Waals surface area contributed by atoms with Crippen molar-refractivity contribution in [2.75, 3.05) is 5.73 Å². The van der Waals surface area contributed by atoms with Crippen LogP contribution < -0.4 is 5.73 Å². The maximum Gasteiger partial charge on any atom is 0.189 e. The lowest BCUT2D eigenvalue weighted by molar-refractivity contribution is 0.623. The number of para-hydroxylation sites is 1. The summed E-state index contributed by atoms with van der Waals surface area (Å²) in [6, 6.07) is 9.76. The van der Waals surface area contributed by atoms with Gasteiger partial charge in [0.2, 0.25) is 0 Å². The maximum absolute atomic E-state index is 13.6. The van der Waals surface area contributed by atoms with Crippen LogP contribution in [0.15, 0.2) is 36.4 Å². The molecular formula is C14H11ClFN5. The standard InChI is InChI=1S/C14H11ClFN5/c1-8-5-9(16)7-10(6-8)21-14(18-19-20-21)11-3-2-4-12(15)13(11)17/h2-7H,17H2,1H3. The quantitative estimate of drug-likeness (QED) is 0.739. The molecule has 1 heterocycles. The largest absolute Gasteiger partial charge is 0.397 e. The molecule has 7 heteroatoms. The molecule has 0 fully saturated rings. The van der Waals surface area contributed by atoms with Crippen molar-refractivity contribution in [2.24, 2.45) is 0 Å². The molecule has 0 radical (unpaired) electrons. The average Bonchev–Trinajstić information content (AvgIpc) is 2.90. The number of nitrogens with two attached hydrogens (primary N) is 1. The highest BCUT2D eigenvalue weighted by atomic mass is 35.5. The van der Waals surface area contributed by atoms with Gasteiger partial charge in [-0.1, -0.05) is 17.7 Å². The van der Waals surface area contributed by atoms with Crippen molar-refractivity contribution in [2.45, 2.75) is 6.92 Å². The number of hydrogen-bond donors (Lipinski definition) is 1. The van der Waals surface area contributed by atoms with Gasteiger partial charge >= 0.3 is 0 Å². The van der Waals surface area contributed by atoms with Gasteiger partial charge in [0.1, 0.15) is 5.82 Å². The van der Waals surface area contributed by atoms with Gasteiger partial charge in [-0.15, -0.1) is 5.10 Å². The zero-order chi connectivity index (χ0) is 15.0. The van der Waals surface area contributed by atoms with E-state index in [1.165, 1.54) is 16.8 Å². The van der Waals surface area contributed by atoms with Crippen molar-refractivity contribution in [1.82, 2.24) is 20.2 Å². The summed E-state index contributed by atoms with van der Waals surface area (Å²) in [5.41, 5.74) is 8.23. The van der Waals surface area contributed by atoms with E-state index in [9.17, 15) is 4.39 Å². The monoisotopic (exact) mass is 303 g/mol. The Balaban J connectivity index is 2.19. The van der Waals surface area contributed by atoms with Gasteiger partial charge in [0, 0.05) is 5.56 Å². The van der Waals surface area contributed by atoms with E-state index in [1.54, 1.807) is 31.2 Å². The van der Waals surface area contributed by atoms with Crippen LogP contribution in [-0.4, -0.2) is 20.2 Å². The molecule has 0 bridgehead atoms. The molecule has 0 amide bonds. The number of halogens is 2. The van der Waals surface area contributed by atoms with Crippen LogP contribution in [0.2, 0.25) is 5.02 Å². The highest BCUT2D eigenvalue weighted by molar-refractivity contribution is 6.33. The third-order valence-corrected chi connectivity index (χ3v) is 3.36. The predicted octanol–water partition coefficient (Wildman–Crippen LogP) is 3.01. The third-order valence-electron chi connectivity index (χ3n) is 3.03. The van der Waals surface area contributed by atoms with Crippen molar-refractivity contribution in [3.05, 3.63) is 52.8 Å². The number of aryl methyl sites for hydroxylation is 1. The molecule has 0 aliphatic rings. The van der Waals surface area contributed by atoms with E-state index < -0.39 is 0 Å². The van der Waals surface area contributed by atoms with Gasteiger partial charge in [-0.2, -0.15) is 4.68 Å². The fourth-order valence-electron chi connectivity index (χ4n) is 2.10. The summed E-state index contributed by atoms with van der Waals surface area (Å²) in [6.07, 6.45) is 0. The van der Waals surface area contributed by atoms with E-state index >= 15 is 0 Å². The number of benzene rings is 2. The highest BCUT2D eigenvalue weighted by Crippen LogP contribution is 2.30. The summed E-state index contributed by atoms with van der Waals surface area (Å²) in [6.45, 7) is 1.80. The van der Waals surface area contributed by atoms with E-state index in [0.717, 1.165) is 5.56 Å². The Morgan fingerprint density at radius 1 is 1.24 bits per heavy atom. The zero-order valence-corrected chi connectivity index (χ0v) is 11.8. The summed E-state index contributed by atoms with van der Waals surface area (Å²) in [5, 5.41) is 11.9. The number of tetrazole rings is 1. The fraction of sp³-hybridized carbons (Fsp3) is 0.0714. The van der Waals surface area contributed by atoms with Crippen molar-refractivity contribution in [1.29, 1.82) is 0 Å². The topological polar surface area (TPSA) is 69.6 Å². The first kappa shape index (κ1) is 13.5. The van der Waals surface area contributed by atoms with Crippen LogP contribution in [-0.2, 0) is 0 Å². The minimum absolute atomic E-state index is 0.356. The normalized spacial score (nSPS) is 10.8. The summed E-state index contributed by atoms with van der Waals surface area (Å²) < 4.78 is 15.0. The van der Waals surface area contributed by atoms with Gasteiger partial charge in [0.25, 0.3) is 0 Å². The van der Waals surface area contributed by atoms with Gasteiger partial charge in [0.15, 0.2) is 5.82 Å². The minimum atomic E-state index is -0.356. The molecule has 3 rings (SSSR count). The Kier molecular flexibility index (Phi) is 3.31. The van der Waals surface area contributed by atoms with Crippen LogP contribution in [0.1, 0.15) is 5.56 Å². The second-order valence-corrected chi connectivity index (χ2v) is 5.01. The first-order valence-corrected chi connectivity index (χ1v) is 6.54. The molecule has 2 N–H and O–H groups in total. The van der Waals surface area contributed by atoms with E-state index in [-0.39, 0.29) is 5.82 Å². The van der Waals surface area contributed by atoms with Gasteiger partial charge in [0.05, 0.1) is 16.4 Å². The molecule has 0 aliphatic carbocycles. The average molecular weight is 304 g/mol. The molecule has 0 atom stereocenters. The van der Waals surface area contributed by atoms with Gasteiger partial charge in [-0.25, -0.2) is 4.39 Å². The zero-order valence-electron chi connectivity index (χ0n) is 11.1. The van der Waals surface area contributed by atoms with E-state index in [4.69, 9.17) is 17.3 Å². The molecule has 5 nitrogen and oxygen atoms in total. The van der Waals surface area contributed by atoms with Crippen molar-refractivity contribution < 1.29 is 4.39 Å². The summed E-state index contributed by atoms with van der Waals surface area (Å²) in [4.78, 5) is 0. The second-order valence-electron chi connectivity index (χ2n) is 4.60. The molecule has 0 aliphatic heterocycles. The van der Waals surface area contributed by atoms with Crippen molar-refractivity contribution in [3.8, 4) is 17.1 Å². The molecule has 0 saturated carbocycles. The highest BCUT2D eigenvalue weighted by Gasteiger charge is 2.15. The Labute approximate surface area is 125 Å². The van der Waals surface area contributed by atoms with Crippen LogP contribution in [0.4, 0.5) is 10.1 Å². The predicted molar refractivity (Wildman–Crippen MR) is 78.7 cm³/mol. The number of rotatable bonds is 2. The van der Waals surface area contributed by atoms with Crippen molar-refractivity contribution in [3.63, 3.8) is 0 Å². The fourth-order valence-corrected chi connectivity index (χ4v) is 2.27. The molecule has 2 aromatic carbocycles. The Morgan fingerprint density at radius 2 is 2.05 bits per heavy atom. The number of aromatic nitrogens is 4. The molecule has 0 saturated heterocycles. The third kappa shape index (κ3) is 2.45. The Hall–Kier alpha value is -2.47. The lowest BCUT2D eigenvalue weighted by Crippen LogP contribution is -2.03. The van der Waals surface area contributed by atoms with Crippen LogP contribution in [0.3, 0.4) is 0 Å². The van der Waals surface area contributed by atoms with E-state index in [2.05, 4.69) is 15.5 Å². The second kappa shape index (κ2) is 5.14. The van der Waals surface area contributed by atoms with Crippen LogP contribution in [0, 0.1) is 12.7 Å². The number of anilines is 1. The first-order chi connectivity index (χ1) is 10.1. The maximum atomic E-state index is 13.6. The molecule has 106 valence electrons. The van der Waals surface area contributed by atoms with Crippen LogP contribution in [0.25, 0.3) is 17.1 Å². The molecule has 0 unspecified atom stereocenters. The van der Waals surface area contributed by atoms with Crippen molar-refractivity contribution >= 4 is 17.3 Å². The number of nitrogen functional groups attached to an aromatic ring is 1. The van der Waals surface area contributed by atoms with Gasteiger partial charge in [-0.3, -0.25) is 0 Å². The van der Waals surface area contributed by atoms with E-state index in [0.29, 0.717) is 27.8 Å². The minimum Gasteiger partial charge on any atom is -0.397 e. The molecule has 0 spiro atoms. The molecule has 3 aromatic rings. The smallest absolute Gasteiger partial charge is 0.189 e. The molecule has 21 heavy (non-hydrogen) atoms. The number of hydrogen-bond acceptors (Lipinski definition) is 4. The van der Waals surface area contributed by atoms with E-state index in [1.807, 2.05) is 0 Å². The summed E-state index contributed by atoms with van der Waals surface area (Å²) in [7, 11) is 0. The Morgan fingerprint density at radius 3 is 2.81 bits per heavy atom. The lowest BCUT2D eigenvalue weighted by Gasteiger charge is -2.08. The van der Waals surface area contributed by atoms with Crippen LogP contribution >= 0.6 is 11.6 Å². The van der Waals surface area contributed by atoms with Crippen LogP contribution in [0.5, 0.6) is 0 Å². The summed E-state index contributed by atoms with van der Waals surface area (Å²) >= 11 is 6.02. The first-order valence-electron chi connectivity index (χ1n) is 6.16. The van der Waals surface area contributed by atoms with Gasteiger partial charge < -0.3 is 5.73 Å². The molecular weight excluding hydrogens is 293 g/mol.